The first-order chi connectivity index (χ1) is 15.8. The van der Waals surface area contributed by atoms with Crippen molar-refractivity contribution in [3.05, 3.63) is 53.5 Å². The number of rotatable bonds is 6. The van der Waals surface area contributed by atoms with Crippen molar-refractivity contribution in [3.8, 4) is 0 Å². The summed E-state index contributed by atoms with van der Waals surface area (Å²) in [6.45, 7) is 1.25. The van der Waals surface area contributed by atoms with Gasteiger partial charge in [0.1, 0.15) is 5.69 Å². The molecule has 0 atom stereocenters. The summed E-state index contributed by atoms with van der Waals surface area (Å²) < 4.78 is 60.0. The fourth-order valence-electron chi connectivity index (χ4n) is 3.71. The summed E-state index contributed by atoms with van der Waals surface area (Å²) in [4.78, 5) is 17.2. The monoisotopic (exact) mass is 477 g/mol. The van der Waals surface area contributed by atoms with E-state index in [1.54, 1.807) is 0 Å². The number of amides is 1. The molecule has 174 valence electrons. The molecule has 33 heavy (non-hydrogen) atoms. The zero-order valence-electron chi connectivity index (χ0n) is 17.4. The van der Waals surface area contributed by atoms with E-state index in [4.69, 9.17) is 4.74 Å². The normalized spacial score (nSPS) is 17.5. The van der Waals surface area contributed by atoms with Gasteiger partial charge in [-0.25, -0.2) is 26.7 Å². The van der Waals surface area contributed by atoms with E-state index in [0.29, 0.717) is 24.6 Å². The average Bonchev–Trinajstić information content (AvgIpc) is 3.57. The van der Waals surface area contributed by atoms with Crippen molar-refractivity contribution < 1.29 is 26.7 Å². The first-order valence-corrected chi connectivity index (χ1v) is 11.9. The second-order valence-electron chi connectivity index (χ2n) is 7.98. The SMILES string of the molecule is O=C(Nc1ccc(S(=O)(=O)N2CCOCC2)cc1)c1cc2nc(C3CC3)cc(C(F)F)n2n1. The Labute approximate surface area is 188 Å². The van der Waals surface area contributed by atoms with E-state index in [9.17, 15) is 22.0 Å². The molecular formula is C21H21F2N5O4S. The zero-order valence-corrected chi connectivity index (χ0v) is 18.3. The number of nitrogens with one attached hydrogen (secondary N) is 1. The van der Waals surface area contributed by atoms with Crippen molar-refractivity contribution in [2.45, 2.75) is 30.1 Å². The Hall–Kier alpha value is -2.96. The molecule has 0 radical (unpaired) electrons. The molecule has 12 heteroatoms. The van der Waals surface area contributed by atoms with Crippen LogP contribution >= 0.6 is 0 Å². The molecule has 2 aliphatic rings. The third-order valence-electron chi connectivity index (χ3n) is 5.65. The van der Waals surface area contributed by atoms with E-state index in [-0.39, 0.29) is 40.9 Å². The summed E-state index contributed by atoms with van der Waals surface area (Å²) in [5.74, 6) is -0.440. The number of anilines is 1. The number of halogens is 2. The lowest BCUT2D eigenvalue weighted by Crippen LogP contribution is -2.40. The predicted molar refractivity (Wildman–Crippen MR) is 114 cm³/mol. The topological polar surface area (TPSA) is 106 Å². The number of sulfonamides is 1. The fourth-order valence-corrected chi connectivity index (χ4v) is 5.12. The van der Waals surface area contributed by atoms with Gasteiger partial charge in [0.2, 0.25) is 10.0 Å². The van der Waals surface area contributed by atoms with Crippen LogP contribution in [0.25, 0.3) is 5.65 Å². The van der Waals surface area contributed by atoms with Crippen LogP contribution in [0, 0.1) is 0 Å². The molecule has 2 fully saturated rings. The van der Waals surface area contributed by atoms with Crippen molar-refractivity contribution in [3.63, 3.8) is 0 Å². The molecule has 2 aromatic heterocycles. The van der Waals surface area contributed by atoms with Gasteiger partial charge in [-0.05, 0) is 43.2 Å². The molecule has 0 unspecified atom stereocenters. The molecule has 1 aromatic carbocycles. The lowest BCUT2D eigenvalue weighted by molar-refractivity contribution is 0.0730. The standard InChI is InChI=1S/C21H21F2N5O4S/c22-20(23)18-11-16(13-1-2-13)25-19-12-17(26-28(18)19)21(29)24-14-3-5-15(6-4-14)33(30,31)27-7-9-32-10-8-27/h3-6,11-13,20H,1-2,7-10H2,(H,24,29). The van der Waals surface area contributed by atoms with Crippen LogP contribution < -0.4 is 5.32 Å². The van der Waals surface area contributed by atoms with Crippen LogP contribution in [-0.2, 0) is 14.8 Å². The van der Waals surface area contributed by atoms with Gasteiger partial charge in [0.15, 0.2) is 11.3 Å². The number of hydrogen-bond donors (Lipinski definition) is 1. The highest BCUT2D eigenvalue weighted by atomic mass is 32.2. The maximum absolute atomic E-state index is 13.5. The minimum atomic E-state index is -3.65. The quantitative estimate of drug-likeness (QED) is 0.585. The Morgan fingerprint density at radius 1 is 1.12 bits per heavy atom. The van der Waals surface area contributed by atoms with Gasteiger partial charge in [0.05, 0.1) is 18.1 Å². The summed E-state index contributed by atoms with van der Waals surface area (Å²) in [6.07, 6.45) is -0.945. The summed E-state index contributed by atoms with van der Waals surface area (Å²) >= 11 is 0. The van der Waals surface area contributed by atoms with E-state index in [0.717, 1.165) is 17.4 Å². The molecule has 1 N–H and O–H groups in total. The van der Waals surface area contributed by atoms with Gasteiger partial charge in [-0.3, -0.25) is 4.79 Å². The number of hydrogen-bond acceptors (Lipinski definition) is 6. The summed E-state index contributed by atoms with van der Waals surface area (Å²) in [5, 5.41) is 6.63. The molecule has 1 aliphatic carbocycles. The number of carbonyl (C=O) groups excluding carboxylic acids is 1. The van der Waals surface area contributed by atoms with Gasteiger partial charge in [0, 0.05) is 36.5 Å². The molecule has 3 aromatic rings. The second kappa shape index (κ2) is 8.43. The summed E-state index contributed by atoms with van der Waals surface area (Å²) in [5.41, 5.74) is 0.744. The Bertz CT molecular complexity index is 1300. The number of nitrogens with zero attached hydrogens (tertiary/aromatic N) is 4. The van der Waals surface area contributed by atoms with Gasteiger partial charge in [-0.1, -0.05) is 0 Å². The number of benzene rings is 1. The van der Waals surface area contributed by atoms with Crippen LogP contribution in [0.5, 0.6) is 0 Å². The molecular weight excluding hydrogens is 456 g/mol. The van der Waals surface area contributed by atoms with Crippen LogP contribution in [0.15, 0.2) is 41.3 Å². The highest BCUT2D eigenvalue weighted by Gasteiger charge is 2.29. The first-order valence-electron chi connectivity index (χ1n) is 10.5. The second-order valence-corrected chi connectivity index (χ2v) is 9.91. The number of fused-ring (bicyclic) bond motifs is 1. The third-order valence-corrected chi connectivity index (χ3v) is 7.56. The van der Waals surface area contributed by atoms with Crippen molar-refractivity contribution in [2.75, 3.05) is 31.6 Å². The molecule has 1 saturated carbocycles. The van der Waals surface area contributed by atoms with Gasteiger partial charge in [-0.2, -0.15) is 9.40 Å². The first kappa shape index (κ1) is 21.9. The zero-order chi connectivity index (χ0) is 23.2. The Morgan fingerprint density at radius 3 is 2.45 bits per heavy atom. The third kappa shape index (κ3) is 4.33. The predicted octanol–water partition coefficient (Wildman–Crippen LogP) is 2.82. The largest absolute Gasteiger partial charge is 0.379 e. The van der Waals surface area contributed by atoms with Gasteiger partial charge in [-0.15, -0.1) is 0 Å². The van der Waals surface area contributed by atoms with Crippen LogP contribution in [-0.4, -0.2) is 59.5 Å². The van der Waals surface area contributed by atoms with E-state index < -0.39 is 22.4 Å². The maximum atomic E-state index is 13.5. The van der Waals surface area contributed by atoms with E-state index in [1.165, 1.54) is 40.7 Å². The average molecular weight is 477 g/mol. The molecule has 9 nitrogen and oxygen atoms in total. The Kier molecular flexibility index (Phi) is 5.59. The van der Waals surface area contributed by atoms with Gasteiger partial charge >= 0.3 is 0 Å². The van der Waals surface area contributed by atoms with E-state index in [2.05, 4.69) is 15.4 Å². The van der Waals surface area contributed by atoms with Crippen molar-refractivity contribution >= 4 is 27.3 Å². The molecule has 3 heterocycles. The minimum Gasteiger partial charge on any atom is -0.379 e. The maximum Gasteiger partial charge on any atom is 0.280 e. The van der Waals surface area contributed by atoms with Gasteiger partial charge < -0.3 is 10.1 Å². The minimum absolute atomic E-state index is 0.0673. The number of morpholine rings is 1. The highest BCUT2D eigenvalue weighted by Crippen LogP contribution is 2.40. The van der Waals surface area contributed by atoms with Crippen molar-refractivity contribution in [1.29, 1.82) is 0 Å². The van der Waals surface area contributed by atoms with Crippen molar-refractivity contribution in [2.24, 2.45) is 0 Å². The number of ether oxygens (including phenoxy) is 1. The van der Waals surface area contributed by atoms with Crippen molar-refractivity contribution in [1.82, 2.24) is 18.9 Å². The molecule has 0 spiro atoms. The van der Waals surface area contributed by atoms with Crippen LogP contribution in [0.4, 0.5) is 14.5 Å². The lowest BCUT2D eigenvalue weighted by Gasteiger charge is -2.26. The lowest BCUT2D eigenvalue weighted by atomic mass is 10.2. The Morgan fingerprint density at radius 2 is 1.82 bits per heavy atom. The summed E-state index contributed by atoms with van der Waals surface area (Å²) in [6, 6.07) is 8.46. The molecule has 1 amide bonds. The highest BCUT2D eigenvalue weighted by molar-refractivity contribution is 7.89. The molecule has 1 aliphatic heterocycles. The molecule has 0 bridgehead atoms. The molecule has 1 saturated heterocycles. The number of carbonyl (C=O) groups is 1. The summed E-state index contributed by atoms with van der Waals surface area (Å²) in [7, 11) is -3.65. The Balaban J connectivity index is 1.35. The van der Waals surface area contributed by atoms with Crippen LogP contribution in [0.1, 0.15) is 47.1 Å². The number of alkyl halides is 2. The fraction of sp³-hybridized carbons (Fsp3) is 0.381. The van der Waals surface area contributed by atoms with E-state index in [1.807, 2.05) is 0 Å². The number of aromatic nitrogens is 3. The van der Waals surface area contributed by atoms with Crippen LogP contribution in [0.3, 0.4) is 0 Å². The van der Waals surface area contributed by atoms with Gasteiger partial charge in [0.25, 0.3) is 12.3 Å². The molecule has 5 rings (SSSR count). The van der Waals surface area contributed by atoms with E-state index >= 15 is 0 Å². The smallest absolute Gasteiger partial charge is 0.280 e. The van der Waals surface area contributed by atoms with Crippen LogP contribution in [0.2, 0.25) is 0 Å².